The Labute approximate surface area is 113 Å². The minimum Gasteiger partial charge on any atom is -0.361 e. The zero-order valence-electron chi connectivity index (χ0n) is 10.4. The van der Waals surface area contributed by atoms with Gasteiger partial charge in [0.15, 0.2) is 0 Å². The van der Waals surface area contributed by atoms with E-state index in [-0.39, 0.29) is 5.91 Å². The van der Waals surface area contributed by atoms with Gasteiger partial charge in [-0.3, -0.25) is 4.79 Å². The number of nitrogens with zero attached hydrogens (tertiary/aromatic N) is 1. The van der Waals surface area contributed by atoms with Crippen molar-refractivity contribution in [3.05, 3.63) is 45.3 Å². The number of aromatic nitrogens is 1. The number of hydrogen-bond acceptors (Lipinski definition) is 3. The normalized spacial score (nSPS) is 10.4. The van der Waals surface area contributed by atoms with Crippen molar-refractivity contribution in [1.29, 1.82) is 0 Å². The van der Waals surface area contributed by atoms with Crippen LogP contribution in [0.4, 0.5) is 5.69 Å². The molecular formula is C13H13BrN2O2. The fourth-order valence-electron chi connectivity index (χ4n) is 1.74. The molecule has 5 heteroatoms. The van der Waals surface area contributed by atoms with E-state index < -0.39 is 0 Å². The largest absolute Gasteiger partial charge is 0.361 e. The Morgan fingerprint density at radius 3 is 2.67 bits per heavy atom. The molecule has 0 saturated heterocycles. The van der Waals surface area contributed by atoms with E-state index in [2.05, 4.69) is 26.4 Å². The van der Waals surface area contributed by atoms with Crippen LogP contribution in [-0.2, 0) is 0 Å². The van der Waals surface area contributed by atoms with Gasteiger partial charge in [-0.2, -0.15) is 0 Å². The first-order chi connectivity index (χ1) is 8.50. The van der Waals surface area contributed by atoms with Crippen LogP contribution in [0.15, 0.2) is 27.2 Å². The lowest BCUT2D eigenvalue weighted by Crippen LogP contribution is -2.14. The van der Waals surface area contributed by atoms with Crippen LogP contribution in [0.5, 0.6) is 0 Å². The summed E-state index contributed by atoms with van der Waals surface area (Å²) in [6.45, 7) is 5.44. The van der Waals surface area contributed by atoms with Gasteiger partial charge < -0.3 is 9.84 Å². The van der Waals surface area contributed by atoms with Crippen LogP contribution < -0.4 is 5.32 Å². The van der Waals surface area contributed by atoms with E-state index in [1.807, 2.05) is 25.1 Å². The summed E-state index contributed by atoms with van der Waals surface area (Å²) in [4.78, 5) is 12.1. The van der Waals surface area contributed by atoms with Crippen LogP contribution in [-0.4, -0.2) is 11.1 Å². The molecular weight excluding hydrogens is 296 g/mol. The average molecular weight is 309 g/mol. The van der Waals surface area contributed by atoms with Crippen LogP contribution in [0.25, 0.3) is 0 Å². The predicted molar refractivity (Wildman–Crippen MR) is 72.8 cm³/mol. The number of halogens is 1. The lowest BCUT2D eigenvalue weighted by molar-refractivity contribution is 0.102. The lowest BCUT2D eigenvalue weighted by atomic mass is 10.1. The molecule has 0 aliphatic rings. The Hall–Kier alpha value is -1.62. The van der Waals surface area contributed by atoms with Crippen molar-refractivity contribution in [2.45, 2.75) is 20.8 Å². The molecule has 1 aromatic carbocycles. The van der Waals surface area contributed by atoms with Crippen molar-refractivity contribution in [3.8, 4) is 0 Å². The number of anilines is 1. The molecule has 0 unspecified atom stereocenters. The van der Waals surface area contributed by atoms with E-state index in [9.17, 15) is 4.79 Å². The molecule has 0 aliphatic carbocycles. The zero-order valence-corrected chi connectivity index (χ0v) is 12.0. The maximum atomic E-state index is 12.1. The van der Waals surface area contributed by atoms with Crippen molar-refractivity contribution < 1.29 is 9.32 Å². The molecule has 94 valence electrons. The first kappa shape index (κ1) is 12.8. The molecule has 0 spiro atoms. The Bertz CT molecular complexity index is 586. The molecule has 2 rings (SSSR count). The topological polar surface area (TPSA) is 55.1 Å². The minimum absolute atomic E-state index is 0.211. The van der Waals surface area contributed by atoms with Crippen LogP contribution in [0.2, 0.25) is 0 Å². The van der Waals surface area contributed by atoms with E-state index in [1.54, 1.807) is 13.8 Å². The van der Waals surface area contributed by atoms with Crippen LogP contribution in [0.3, 0.4) is 0 Å². The number of carbonyl (C=O) groups excluding carboxylic acids is 1. The van der Waals surface area contributed by atoms with Gasteiger partial charge in [-0.25, -0.2) is 0 Å². The van der Waals surface area contributed by atoms with Crippen molar-refractivity contribution in [3.63, 3.8) is 0 Å². The second-order valence-corrected chi connectivity index (χ2v) is 4.88. The van der Waals surface area contributed by atoms with E-state index in [1.165, 1.54) is 0 Å². The summed E-state index contributed by atoms with van der Waals surface area (Å²) in [5.41, 5.74) is 2.88. The van der Waals surface area contributed by atoms with Gasteiger partial charge in [-0.1, -0.05) is 17.3 Å². The Balaban J connectivity index is 2.30. The SMILES string of the molecule is Cc1cccc(NC(=O)c2c(C)noc2C)c1Br. The lowest BCUT2D eigenvalue weighted by Gasteiger charge is -2.08. The molecule has 0 bridgehead atoms. The maximum absolute atomic E-state index is 12.1. The monoisotopic (exact) mass is 308 g/mol. The summed E-state index contributed by atoms with van der Waals surface area (Å²) in [5, 5.41) is 6.62. The van der Waals surface area contributed by atoms with Gasteiger partial charge >= 0.3 is 0 Å². The van der Waals surface area contributed by atoms with Gasteiger partial charge in [0.05, 0.1) is 11.4 Å². The fourth-order valence-corrected chi connectivity index (χ4v) is 2.10. The molecule has 18 heavy (non-hydrogen) atoms. The second-order valence-electron chi connectivity index (χ2n) is 4.09. The highest BCUT2D eigenvalue weighted by Gasteiger charge is 2.18. The molecule has 0 saturated carbocycles. The van der Waals surface area contributed by atoms with Crippen molar-refractivity contribution in [2.24, 2.45) is 0 Å². The van der Waals surface area contributed by atoms with Gasteiger partial charge in [0.1, 0.15) is 11.3 Å². The third kappa shape index (κ3) is 2.31. The molecule has 1 aromatic heterocycles. The summed E-state index contributed by atoms with van der Waals surface area (Å²) in [7, 11) is 0. The van der Waals surface area contributed by atoms with E-state index in [4.69, 9.17) is 4.52 Å². The molecule has 1 N–H and O–H groups in total. The summed E-state index contributed by atoms with van der Waals surface area (Å²) >= 11 is 3.46. The molecule has 0 fully saturated rings. The molecule has 0 atom stereocenters. The van der Waals surface area contributed by atoms with Gasteiger partial charge in [-0.05, 0) is 48.3 Å². The Morgan fingerprint density at radius 2 is 2.06 bits per heavy atom. The number of carbonyl (C=O) groups is 1. The highest BCUT2D eigenvalue weighted by atomic mass is 79.9. The highest BCUT2D eigenvalue weighted by molar-refractivity contribution is 9.10. The summed E-state index contributed by atoms with van der Waals surface area (Å²) in [6.07, 6.45) is 0. The molecule has 1 amide bonds. The van der Waals surface area contributed by atoms with Crippen LogP contribution in [0, 0.1) is 20.8 Å². The fraction of sp³-hybridized carbons (Fsp3) is 0.231. The zero-order chi connectivity index (χ0) is 13.3. The van der Waals surface area contributed by atoms with Gasteiger partial charge in [0.25, 0.3) is 5.91 Å². The highest BCUT2D eigenvalue weighted by Crippen LogP contribution is 2.26. The molecule has 4 nitrogen and oxygen atoms in total. The van der Waals surface area contributed by atoms with Crippen molar-refractivity contribution in [1.82, 2.24) is 5.16 Å². The van der Waals surface area contributed by atoms with Crippen molar-refractivity contribution >= 4 is 27.5 Å². The number of hydrogen-bond donors (Lipinski definition) is 1. The summed E-state index contributed by atoms with van der Waals surface area (Å²) in [6, 6.07) is 5.70. The number of amides is 1. The Morgan fingerprint density at radius 1 is 1.33 bits per heavy atom. The van der Waals surface area contributed by atoms with Gasteiger partial charge in [0.2, 0.25) is 0 Å². The number of aryl methyl sites for hydroxylation is 3. The Kier molecular flexibility index (Phi) is 3.52. The number of nitrogens with one attached hydrogen (secondary N) is 1. The van der Waals surface area contributed by atoms with Gasteiger partial charge in [-0.15, -0.1) is 0 Å². The second kappa shape index (κ2) is 4.94. The predicted octanol–water partition coefficient (Wildman–Crippen LogP) is 3.61. The minimum atomic E-state index is -0.211. The third-order valence-electron chi connectivity index (χ3n) is 2.70. The summed E-state index contributed by atoms with van der Waals surface area (Å²) < 4.78 is 5.87. The van der Waals surface area contributed by atoms with E-state index >= 15 is 0 Å². The molecule has 2 aromatic rings. The smallest absolute Gasteiger partial charge is 0.261 e. The quantitative estimate of drug-likeness (QED) is 0.922. The number of benzene rings is 1. The number of rotatable bonds is 2. The molecule has 1 heterocycles. The first-order valence-corrected chi connectivity index (χ1v) is 6.29. The standard InChI is InChI=1S/C13H13BrN2O2/c1-7-5-4-6-10(12(7)14)15-13(17)11-8(2)16-18-9(11)3/h4-6H,1-3H3,(H,15,17). The first-order valence-electron chi connectivity index (χ1n) is 5.50. The third-order valence-corrected chi connectivity index (χ3v) is 3.75. The maximum Gasteiger partial charge on any atom is 0.261 e. The summed E-state index contributed by atoms with van der Waals surface area (Å²) in [5.74, 6) is 0.311. The van der Waals surface area contributed by atoms with Crippen LogP contribution in [0.1, 0.15) is 27.4 Å². The van der Waals surface area contributed by atoms with Gasteiger partial charge in [0, 0.05) is 4.47 Å². The van der Waals surface area contributed by atoms with E-state index in [0.717, 1.165) is 15.7 Å². The molecule has 0 radical (unpaired) electrons. The van der Waals surface area contributed by atoms with Crippen molar-refractivity contribution in [2.75, 3.05) is 5.32 Å². The average Bonchev–Trinajstić information content (AvgIpc) is 2.65. The molecule has 0 aliphatic heterocycles. The van der Waals surface area contributed by atoms with Crippen LogP contribution >= 0.6 is 15.9 Å². The van der Waals surface area contributed by atoms with E-state index in [0.29, 0.717) is 17.0 Å².